The zero-order valence-corrected chi connectivity index (χ0v) is 15.5. The number of phenols is 4. The maximum Gasteiger partial charge on any atom is 0.123 e. The Morgan fingerprint density at radius 3 is 1.59 bits per heavy atom. The lowest BCUT2D eigenvalue weighted by molar-refractivity contribution is 0.445. The minimum absolute atomic E-state index is 0.00255. The van der Waals surface area contributed by atoms with Crippen molar-refractivity contribution < 1.29 is 20.4 Å². The van der Waals surface area contributed by atoms with E-state index in [0.29, 0.717) is 18.4 Å². The third-order valence-corrected chi connectivity index (χ3v) is 4.96. The Kier molecular flexibility index (Phi) is 5.26. The molecule has 140 valence electrons. The highest BCUT2D eigenvalue weighted by Crippen LogP contribution is 2.40. The normalized spacial score (nSPS) is 11.1. The van der Waals surface area contributed by atoms with Gasteiger partial charge >= 0.3 is 0 Å². The molecule has 0 saturated carbocycles. The Morgan fingerprint density at radius 2 is 1.15 bits per heavy atom. The van der Waals surface area contributed by atoms with Crippen LogP contribution in [0, 0.1) is 0 Å². The summed E-state index contributed by atoms with van der Waals surface area (Å²) in [4.78, 5) is 0. The van der Waals surface area contributed by atoms with Gasteiger partial charge in [0.15, 0.2) is 0 Å². The molecule has 0 heterocycles. The Hall–Kier alpha value is -3.14. The largest absolute Gasteiger partial charge is 0.508 e. The van der Waals surface area contributed by atoms with Gasteiger partial charge in [0, 0.05) is 17.5 Å². The van der Waals surface area contributed by atoms with Crippen molar-refractivity contribution in [3.63, 3.8) is 0 Å². The molecule has 0 aliphatic heterocycles. The average molecular weight is 364 g/mol. The number of phenolic OH excluding ortho intramolecular Hbond substituents is 4. The Balaban J connectivity index is 2.23. The average Bonchev–Trinajstić information content (AvgIpc) is 2.66. The third-order valence-electron chi connectivity index (χ3n) is 4.96. The first kappa shape index (κ1) is 18.6. The highest BCUT2D eigenvalue weighted by Gasteiger charge is 2.22. The Morgan fingerprint density at radius 1 is 0.630 bits per heavy atom. The van der Waals surface area contributed by atoms with Gasteiger partial charge in [-0.15, -0.1) is 0 Å². The molecule has 3 aromatic carbocycles. The second-order valence-corrected chi connectivity index (χ2v) is 6.66. The molecule has 4 nitrogen and oxygen atoms in total. The van der Waals surface area contributed by atoms with E-state index in [9.17, 15) is 20.4 Å². The van der Waals surface area contributed by atoms with Crippen molar-refractivity contribution in [2.75, 3.05) is 0 Å². The molecule has 0 unspecified atom stereocenters. The van der Waals surface area contributed by atoms with Crippen LogP contribution < -0.4 is 0 Å². The van der Waals surface area contributed by atoms with Crippen LogP contribution in [0.1, 0.15) is 47.6 Å². The van der Waals surface area contributed by atoms with Gasteiger partial charge < -0.3 is 20.4 Å². The molecular weight excluding hydrogens is 340 g/mol. The van der Waals surface area contributed by atoms with Gasteiger partial charge in [0.05, 0.1) is 0 Å². The smallest absolute Gasteiger partial charge is 0.123 e. The Bertz CT molecular complexity index is 909. The van der Waals surface area contributed by atoms with Crippen molar-refractivity contribution in [2.24, 2.45) is 0 Å². The molecule has 0 bridgehead atoms. The van der Waals surface area contributed by atoms with Crippen LogP contribution in [0.3, 0.4) is 0 Å². The van der Waals surface area contributed by atoms with E-state index < -0.39 is 0 Å². The number of hydrogen-bond donors (Lipinski definition) is 4. The van der Waals surface area contributed by atoms with Crippen molar-refractivity contribution in [2.45, 2.75) is 32.6 Å². The molecule has 0 aliphatic carbocycles. The number of hydrogen-bond acceptors (Lipinski definition) is 4. The van der Waals surface area contributed by atoms with Crippen LogP contribution in [0.4, 0.5) is 0 Å². The summed E-state index contributed by atoms with van der Waals surface area (Å²) < 4.78 is 0. The molecule has 0 spiro atoms. The standard InChI is InChI=1S/C23H24O4/c1-3-14-11-16(5-9-20(14)25)23(19-8-7-18(24)13-22(19)27)17-6-10-21(26)15(4-2)12-17/h5-13,23-27H,3-4H2,1-2H3. The Labute approximate surface area is 159 Å². The van der Waals surface area contributed by atoms with E-state index in [2.05, 4.69) is 0 Å². The van der Waals surface area contributed by atoms with Crippen LogP contribution in [0.15, 0.2) is 54.6 Å². The zero-order valence-electron chi connectivity index (χ0n) is 15.5. The molecule has 0 amide bonds. The van der Waals surface area contributed by atoms with E-state index in [-0.39, 0.29) is 28.9 Å². The molecule has 0 aliphatic rings. The van der Waals surface area contributed by atoms with E-state index >= 15 is 0 Å². The SMILES string of the molecule is CCc1cc(C(c2ccc(O)c(CC)c2)c2ccc(O)cc2O)ccc1O. The van der Waals surface area contributed by atoms with Gasteiger partial charge in [0.2, 0.25) is 0 Å². The predicted molar refractivity (Wildman–Crippen MR) is 106 cm³/mol. The summed E-state index contributed by atoms with van der Waals surface area (Å²) in [5.41, 5.74) is 4.13. The lowest BCUT2D eigenvalue weighted by Gasteiger charge is -2.22. The van der Waals surface area contributed by atoms with E-state index in [1.807, 2.05) is 38.1 Å². The van der Waals surface area contributed by atoms with E-state index in [0.717, 1.165) is 22.3 Å². The maximum atomic E-state index is 10.5. The van der Waals surface area contributed by atoms with Crippen molar-refractivity contribution in [3.05, 3.63) is 82.4 Å². The molecule has 4 heteroatoms. The molecule has 0 saturated heterocycles. The van der Waals surface area contributed by atoms with E-state index in [1.165, 1.54) is 6.07 Å². The topological polar surface area (TPSA) is 80.9 Å². The molecule has 27 heavy (non-hydrogen) atoms. The summed E-state index contributed by atoms with van der Waals surface area (Å²) in [7, 11) is 0. The van der Waals surface area contributed by atoms with Crippen LogP contribution in [0.25, 0.3) is 0 Å². The van der Waals surface area contributed by atoms with Crippen LogP contribution in [-0.4, -0.2) is 20.4 Å². The summed E-state index contributed by atoms with van der Waals surface area (Å²) in [6.45, 7) is 3.95. The highest BCUT2D eigenvalue weighted by atomic mass is 16.3. The fourth-order valence-corrected chi connectivity index (χ4v) is 3.46. The second-order valence-electron chi connectivity index (χ2n) is 6.66. The van der Waals surface area contributed by atoms with Crippen molar-refractivity contribution in [1.82, 2.24) is 0 Å². The molecule has 0 fully saturated rings. The van der Waals surface area contributed by atoms with Crippen LogP contribution >= 0.6 is 0 Å². The molecule has 4 N–H and O–H groups in total. The minimum atomic E-state index is -0.303. The molecule has 0 aromatic heterocycles. The van der Waals surface area contributed by atoms with Gasteiger partial charge in [-0.1, -0.05) is 44.2 Å². The van der Waals surface area contributed by atoms with Gasteiger partial charge in [-0.05, 0) is 53.3 Å². The summed E-state index contributed by atoms with van der Waals surface area (Å²) in [5, 5.41) is 40.3. The number of aryl methyl sites for hydroxylation is 2. The predicted octanol–water partition coefficient (Wildman–Crippen LogP) is 4.81. The quantitative estimate of drug-likeness (QED) is 0.490. The van der Waals surface area contributed by atoms with Crippen molar-refractivity contribution in [1.29, 1.82) is 0 Å². The van der Waals surface area contributed by atoms with Gasteiger partial charge in [-0.3, -0.25) is 0 Å². The van der Waals surface area contributed by atoms with Gasteiger partial charge in [0.25, 0.3) is 0 Å². The minimum Gasteiger partial charge on any atom is -0.508 e. The fraction of sp³-hybridized carbons (Fsp3) is 0.217. The van der Waals surface area contributed by atoms with Crippen LogP contribution in [0.5, 0.6) is 23.0 Å². The van der Waals surface area contributed by atoms with E-state index in [4.69, 9.17) is 0 Å². The van der Waals surface area contributed by atoms with Crippen molar-refractivity contribution in [3.8, 4) is 23.0 Å². The highest BCUT2D eigenvalue weighted by molar-refractivity contribution is 5.54. The molecule has 3 rings (SSSR count). The first-order valence-corrected chi connectivity index (χ1v) is 9.10. The van der Waals surface area contributed by atoms with Gasteiger partial charge in [-0.25, -0.2) is 0 Å². The summed E-state index contributed by atoms with van der Waals surface area (Å²) in [6.07, 6.45) is 1.37. The summed E-state index contributed by atoms with van der Waals surface area (Å²) in [6, 6.07) is 15.4. The first-order valence-electron chi connectivity index (χ1n) is 9.10. The number of rotatable bonds is 5. The fourth-order valence-electron chi connectivity index (χ4n) is 3.46. The van der Waals surface area contributed by atoms with Gasteiger partial charge in [-0.2, -0.15) is 0 Å². The molecule has 0 radical (unpaired) electrons. The van der Waals surface area contributed by atoms with Crippen LogP contribution in [-0.2, 0) is 12.8 Å². The molecular formula is C23H24O4. The monoisotopic (exact) mass is 364 g/mol. The zero-order chi connectivity index (χ0) is 19.6. The maximum absolute atomic E-state index is 10.5. The van der Waals surface area contributed by atoms with Crippen molar-refractivity contribution >= 4 is 0 Å². The first-order chi connectivity index (χ1) is 12.9. The molecule has 0 atom stereocenters. The molecule has 3 aromatic rings. The second kappa shape index (κ2) is 7.62. The number of benzene rings is 3. The summed E-state index contributed by atoms with van der Waals surface area (Å²) in [5.74, 6) is 0.180. The summed E-state index contributed by atoms with van der Waals surface area (Å²) >= 11 is 0. The third kappa shape index (κ3) is 3.70. The van der Waals surface area contributed by atoms with Gasteiger partial charge in [0.1, 0.15) is 23.0 Å². The van der Waals surface area contributed by atoms with Crippen LogP contribution in [0.2, 0.25) is 0 Å². The van der Waals surface area contributed by atoms with E-state index in [1.54, 1.807) is 24.3 Å². The number of aromatic hydroxyl groups is 4. The lowest BCUT2D eigenvalue weighted by Crippen LogP contribution is -2.05. The lowest BCUT2D eigenvalue weighted by atomic mass is 9.83.